The molecule has 3 rings (SSSR count). The number of nitrogens with zero attached hydrogens (tertiary/aromatic N) is 1. The minimum Gasteiger partial charge on any atom is -0.371 e. The lowest BCUT2D eigenvalue weighted by Gasteiger charge is -2.34. The van der Waals surface area contributed by atoms with Crippen molar-refractivity contribution in [3.8, 4) is 0 Å². The first-order chi connectivity index (χ1) is 10.6. The molecule has 2 heteroatoms. The van der Waals surface area contributed by atoms with Gasteiger partial charge in [-0.1, -0.05) is 54.0 Å². The van der Waals surface area contributed by atoms with Crippen LogP contribution in [0.3, 0.4) is 0 Å². The van der Waals surface area contributed by atoms with Crippen LogP contribution >= 0.6 is 15.9 Å². The minimum atomic E-state index is 0.619. The number of halogens is 1. The summed E-state index contributed by atoms with van der Waals surface area (Å²) in [6, 6.07) is 18.0. The van der Waals surface area contributed by atoms with Crippen LogP contribution in [0.4, 0.5) is 5.69 Å². The fourth-order valence-electron chi connectivity index (χ4n) is 3.28. The van der Waals surface area contributed by atoms with Crippen LogP contribution in [0.25, 0.3) is 0 Å². The van der Waals surface area contributed by atoms with Crippen LogP contribution in [-0.4, -0.2) is 13.1 Å². The van der Waals surface area contributed by atoms with E-state index in [2.05, 4.69) is 83.2 Å². The number of anilines is 1. The van der Waals surface area contributed by atoms with Crippen molar-refractivity contribution in [1.82, 2.24) is 0 Å². The fourth-order valence-corrected chi connectivity index (χ4v) is 3.54. The zero-order chi connectivity index (χ0) is 15.5. The zero-order valence-corrected chi connectivity index (χ0v) is 15.0. The first-order valence-corrected chi connectivity index (χ1v) is 9.03. The maximum Gasteiger partial charge on any atom is 0.0366 e. The monoisotopic (exact) mass is 357 g/mol. The molecule has 22 heavy (non-hydrogen) atoms. The summed E-state index contributed by atoms with van der Waals surface area (Å²) in [6.07, 6.45) is 2.49. The molecular formula is C20H24BrN. The summed E-state index contributed by atoms with van der Waals surface area (Å²) in [5.74, 6) is 1.33. The lowest BCUT2D eigenvalue weighted by atomic mass is 9.88. The minimum absolute atomic E-state index is 0.619. The summed E-state index contributed by atoms with van der Waals surface area (Å²) in [4.78, 5) is 2.51. The van der Waals surface area contributed by atoms with Gasteiger partial charge in [0.05, 0.1) is 0 Å². The lowest BCUT2D eigenvalue weighted by Crippen LogP contribution is -2.32. The van der Waals surface area contributed by atoms with Crippen LogP contribution in [0, 0.1) is 0 Å². The molecule has 0 bridgehead atoms. The predicted molar refractivity (Wildman–Crippen MR) is 98.9 cm³/mol. The van der Waals surface area contributed by atoms with Crippen molar-refractivity contribution in [3.63, 3.8) is 0 Å². The molecule has 0 amide bonds. The Hall–Kier alpha value is -1.28. The summed E-state index contributed by atoms with van der Waals surface area (Å²) < 4.78 is 1.15. The molecule has 0 unspecified atom stereocenters. The van der Waals surface area contributed by atoms with E-state index in [4.69, 9.17) is 0 Å². The van der Waals surface area contributed by atoms with Crippen molar-refractivity contribution < 1.29 is 0 Å². The normalized spacial score (nSPS) is 16.3. The van der Waals surface area contributed by atoms with Gasteiger partial charge in [-0.2, -0.15) is 0 Å². The third-order valence-corrected chi connectivity index (χ3v) is 5.29. The molecule has 0 aliphatic carbocycles. The zero-order valence-electron chi connectivity index (χ0n) is 13.4. The van der Waals surface area contributed by atoms with E-state index in [0.717, 1.165) is 17.6 Å². The quantitative estimate of drug-likeness (QED) is 0.655. The van der Waals surface area contributed by atoms with Gasteiger partial charge in [0.2, 0.25) is 0 Å². The van der Waals surface area contributed by atoms with E-state index in [0.29, 0.717) is 11.8 Å². The lowest BCUT2D eigenvalue weighted by molar-refractivity contribution is 0.505. The van der Waals surface area contributed by atoms with Crippen LogP contribution in [0.15, 0.2) is 53.0 Å². The Morgan fingerprint density at radius 3 is 2.05 bits per heavy atom. The summed E-state index contributed by atoms with van der Waals surface area (Å²) in [7, 11) is 0. The topological polar surface area (TPSA) is 3.24 Å². The Morgan fingerprint density at radius 1 is 0.909 bits per heavy atom. The SMILES string of the molecule is CC(C)c1ccc(C2CCN(c3ccc(Br)cc3)CC2)cc1. The average Bonchev–Trinajstić information content (AvgIpc) is 2.56. The molecule has 0 N–H and O–H groups in total. The summed E-state index contributed by atoms with van der Waals surface area (Å²) in [6.45, 7) is 6.81. The van der Waals surface area contributed by atoms with Gasteiger partial charge >= 0.3 is 0 Å². The van der Waals surface area contributed by atoms with Gasteiger partial charge in [-0.15, -0.1) is 0 Å². The van der Waals surface area contributed by atoms with Crippen molar-refractivity contribution in [2.75, 3.05) is 18.0 Å². The molecule has 1 aliphatic heterocycles. The van der Waals surface area contributed by atoms with Crippen molar-refractivity contribution in [3.05, 3.63) is 64.1 Å². The highest BCUT2D eigenvalue weighted by Crippen LogP contribution is 2.31. The van der Waals surface area contributed by atoms with Gasteiger partial charge in [0.1, 0.15) is 0 Å². The second-order valence-corrected chi connectivity index (χ2v) is 7.47. The molecule has 0 aromatic heterocycles. The van der Waals surface area contributed by atoms with E-state index >= 15 is 0 Å². The maximum absolute atomic E-state index is 3.51. The number of rotatable bonds is 3. The van der Waals surface area contributed by atoms with Gasteiger partial charge in [-0.25, -0.2) is 0 Å². The Balaban J connectivity index is 1.62. The van der Waals surface area contributed by atoms with Crippen LogP contribution in [0.2, 0.25) is 0 Å². The molecule has 0 atom stereocenters. The highest BCUT2D eigenvalue weighted by Gasteiger charge is 2.20. The highest BCUT2D eigenvalue weighted by molar-refractivity contribution is 9.10. The Morgan fingerprint density at radius 2 is 1.50 bits per heavy atom. The Kier molecular flexibility index (Phi) is 4.87. The first kappa shape index (κ1) is 15.6. The van der Waals surface area contributed by atoms with E-state index in [1.54, 1.807) is 0 Å². The van der Waals surface area contributed by atoms with Crippen molar-refractivity contribution in [2.24, 2.45) is 0 Å². The first-order valence-electron chi connectivity index (χ1n) is 8.24. The van der Waals surface area contributed by atoms with Crippen LogP contribution in [0.1, 0.15) is 49.7 Å². The van der Waals surface area contributed by atoms with Gasteiger partial charge < -0.3 is 4.90 Å². The number of hydrogen-bond acceptors (Lipinski definition) is 1. The highest BCUT2D eigenvalue weighted by atomic mass is 79.9. The van der Waals surface area contributed by atoms with E-state index < -0.39 is 0 Å². The van der Waals surface area contributed by atoms with Gasteiger partial charge in [-0.05, 0) is 60.1 Å². The molecular weight excluding hydrogens is 334 g/mol. The Labute approximate surface area is 142 Å². The van der Waals surface area contributed by atoms with E-state index in [9.17, 15) is 0 Å². The molecule has 1 heterocycles. The van der Waals surface area contributed by atoms with Gasteiger partial charge in [0, 0.05) is 23.2 Å². The Bertz CT molecular complexity index is 593. The van der Waals surface area contributed by atoms with Crippen LogP contribution in [-0.2, 0) is 0 Å². The maximum atomic E-state index is 3.51. The molecule has 0 radical (unpaired) electrons. The van der Waals surface area contributed by atoms with Crippen LogP contribution in [0.5, 0.6) is 0 Å². The molecule has 2 aromatic carbocycles. The largest absolute Gasteiger partial charge is 0.371 e. The van der Waals surface area contributed by atoms with Gasteiger partial charge in [0.15, 0.2) is 0 Å². The van der Waals surface area contributed by atoms with Crippen molar-refractivity contribution >= 4 is 21.6 Å². The molecule has 116 valence electrons. The molecule has 1 nitrogen and oxygen atoms in total. The summed E-state index contributed by atoms with van der Waals surface area (Å²) >= 11 is 3.51. The fraction of sp³-hybridized carbons (Fsp3) is 0.400. The summed E-state index contributed by atoms with van der Waals surface area (Å²) in [5.41, 5.74) is 4.30. The average molecular weight is 358 g/mol. The molecule has 1 saturated heterocycles. The standard InChI is InChI=1S/C20H24BrN/c1-15(2)16-3-5-17(6-4-16)18-11-13-22(14-12-18)20-9-7-19(21)8-10-20/h3-10,15,18H,11-14H2,1-2H3. The molecule has 0 spiro atoms. The molecule has 1 aliphatic rings. The number of benzene rings is 2. The van der Waals surface area contributed by atoms with Crippen LogP contribution < -0.4 is 4.90 Å². The summed E-state index contributed by atoms with van der Waals surface area (Å²) in [5, 5.41) is 0. The second kappa shape index (κ2) is 6.87. The van der Waals surface area contributed by atoms with E-state index in [-0.39, 0.29) is 0 Å². The third-order valence-electron chi connectivity index (χ3n) is 4.76. The molecule has 0 saturated carbocycles. The predicted octanol–water partition coefficient (Wildman–Crippen LogP) is 5.96. The van der Waals surface area contributed by atoms with Crippen molar-refractivity contribution in [1.29, 1.82) is 0 Å². The van der Waals surface area contributed by atoms with Gasteiger partial charge in [-0.3, -0.25) is 0 Å². The van der Waals surface area contributed by atoms with Crippen molar-refractivity contribution in [2.45, 2.75) is 38.5 Å². The smallest absolute Gasteiger partial charge is 0.0366 e. The third kappa shape index (κ3) is 3.55. The number of piperidine rings is 1. The second-order valence-electron chi connectivity index (χ2n) is 6.56. The molecule has 2 aromatic rings. The van der Waals surface area contributed by atoms with Gasteiger partial charge in [0.25, 0.3) is 0 Å². The van der Waals surface area contributed by atoms with E-state index in [1.807, 2.05) is 0 Å². The molecule has 1 fully saturated rings. The van der Waals surface area contributed by atoms with E-state index in [1.165, 1.54) is 29.7 Å². The number of hydrogen-bond donors (Lipinski definition) is 0.